The van der Waals surface area contributed by atoms with Crippen LogP contribution < -0.4 is 11.5 Å². The Labute approximate surface area is 56.2 Å². The Hall–Kier alpha value is -0.920. The Balaban J connectivity index is 4.25. The van der Waals surface area contributed by atoms with Crippen LogP contribution in [0.1, 0.15) is 20.8 Å². The van der Waals surface area contributed by atoms with Crippen LogP contribution >= 0.6 is 0 Å². The molecule has 0 spiro atoms. The topological polar surface area (TPSA) is 52.0 Å². The number of rotatable bonds is 1. The quantitative estimate of drug-likeness (QED) is 0.517. The lowest BCUT2D eigenvalue weighted by atomic mass is 10.2. The molecule has 0 saturated carbocycles. The smallest absolute Gasteiger partial charge is 0.00792 e. The Morgan fingerprint density at radius 1 is 1.11 bits per heavy atom. The number of allylic oxidation sites excluding steroid dienone is 4. The fourth-order valence-electron chi connectivity index (χ4n) is 0.455. The molecule has 4 N–H and O–H groups in total. The van der Waals surface area contributed by atoms with Gasteiger partial charge in [0.1, 0.15) is 0 Å². The molecule has 52 valence electrons. The fourth-order valence-corrected chi connectivity index (χ4v) is 0.455. The molecule has 0 bridgehead atoms. The summed E-state index contributed by atoms with van der Waals surface area (Å²) < 4.78 is 0. The number of hydrogen-bond donors (Lipinski definition) is 2. The highest BCUT2D eigenvalue weighted by Crippen LogP contribution is 1.99. The average Bonchev–Trinajstić information content (AvgIpc) is 1.63. The van der Waals surface area contributed by atoms with Crippen molar-refractivity contribution >= 4 is 0 Å². The van der Waals surface area contributed by atoms with Gasteiger partial charge in [0.25, 0.3) is 0 Å². The summed E-state index contributed by atoms with van der Waals surface area (Å²) in [4.78, 5) is 0. The molecule has 9 heavy (non-hydrogen) atoms. The summed E-state index contributed by atoms with van der Waals surface area (Å²) in [6.07, 6.45) is 1.86. The molecular weight excluding hydrogens is 112 g/mol. The van der Waals surface area contributed by atoms with E-state index >= 15 is 0 Å². The van der Waals surface area contributed by atoms with Crippen molar-refractivity contribution in [3.63, 3.8) is 0 Å². The lowest BCUT2D eigenvalue weighted by molar-refractivity contribution is 1.21. The third kappa shape index (κ3) is 3.64. The van der Waals surface area contributed by atoms with Crippen molar-refractivity contribution in [2.75, 3.05) is 0 Å². The Kier molecular flexibility index (Phi) is 2.85. The largest absolute Gasteiger partial charge is 0.402 e. The third-order valence-corrected chi connectivity index (χ3v) is 1.07. The molecule has 0 aromatic rings. The molecule has 0 aromatic carbocycles. The van der Waals surface area contributed by atoms with E-state index in [1.807, 2.05) is 26.8 Å². The highest BCUT2D eigenvalue weighted by atomic mass is 14.6. The van der Waals surface area contributed by atoms with Crippen LogP contribution in [0.4, 0.5) is 0 Å². The van der Waals surface area contributed by atoms with Gasteiger partial charge in [-0.3, -0.25) is 0 Å². The summed E-state index contributed by atoms with van der Waals surface area (Å²) in [5.74, 6) is 0. The Morgan fingerprint density at radius 2 is 1.56 bits per heavy atom. The van der Waals surface area contributed by atoms with Gasteiger partial charge in [-0.1, -0.05) is 0 Å². The van der Waals surface area contributed by atoms with E-state index in [1.54, 1.807) is 0 Å². The van der Waals surface area contributed by atoms with Crippen LogP contribution in [0.3, 0.4) is 0 Å². The molecule has 0 aliphatic heterocycles. The Bertz CT molecular complexity index is 146. The second-order valence-electron chi connectivity index (χ2n) is 2.25. The summed E-state index contributed by atoms with van der Waals surface area (Å²) in [7, 11) is 0. The summed E-state index contributed by atoms with van der Waals surface area (Å²) in [5.41, 5.74) is 13.5. The molecule has 0 radical (unpaired) electrons. The second-order valence-corrected chi connectivity index (χ2v) is 2.25. The minimum absolute atomic E-state index is 0.789. The van der Waals surface area contributed by atoms with Gasteiger partial charge < -0.3 is 11.5 Å². The van der Waals surface area contributed by atoms with Gasteiger partial charge in [-0.05, 0) is 32.4 Å². The maximum atomic E-state index is 5.46. The first-order valence-electron chi connectivity index (χ1n) is 2.90. The highest BCUT2D eigenvalue weighted by Gasteiger charge is 1.85. The SMILES string of the molecule is C/C(N)=C(C)/C=C(\C)N. The predicted molar refractivity (Wildman–Crippen MR) is 40.5 cm³/mol. The van der Waals surface area contributed by atoms with E-state index in [-0.39, 0.29) is 0 Å². The Morgan fingerprint density at radius 3 is 1.67 bits per heavy atom. The van der Waals surface area contributed by atoms with Crippen molar-refractivity contribution in [1.29, 1.82) is 0 Å². The molecule has 0 saturated heterocycles. The summed E-state index contributed by atoms with van der Waals surface area (Å²) in [5, 5.41) is 0. The first-order valence-corrected chi connectivity index (χ1v) is 2.90. The van der Waals surface area contributed by atoms with E-state index in [0.717, 1.165) is 17.0 Å². The van der Waals surface area contributed by atoms with Crippen molar-refractivity contribution < 1.29 is 0 Å². The standard InChI is InChI=1S/C7H14N2/c1-5(7(3)9)4-6(2)8/h4H,8-9H2,1-3H3/b6-4+,7-5-. The maximum Gasteiger partial charge on any atom is 0.00792 e. The van der Waals surface area contributed by atoms with Gasteiger partial charge in [0.15, 0.2) is 0 Å². The van der Waals surface area contributed by atoms with E-state index in [0.29, 0.717) is 0 Å². The van der Waals surface area contributed by atoms with Gasteiger partial charge in [0, 0.05) is 11.4 Å². The highest BCUT2D eigenvalue weighted by molar-refractivity contribution is 5.22. The molecule has 0 amide bonds. The van der Waals surface area contributed by atoms with Gasteiger partial charge in [0.2, 0.25) is 0 Å². The van der Waals surface area contributed by atoms with Crippen molar-refractivity contribution in [1.82, 2.24) is 0 Å². The molecule has 0 atom stereocenters. The molecule has 2 nitrogen and oxygen atoms in total. The monoisotopic (exact) mass is 126 g/mol. The molecule has 2 heteroatoms. The minimum atomic E-state index is 0.789. The van der Waals surface area contributed by atoms with E-state index < -0.39 is 0 Å². The van der Waals surface area contributed by atoms with Gasteiger partial charge in [0.05, 0.1) is 0 Å². The average molecular weight is 126 g/mol. The van der Waals surface area contributed by atoms with Crippen LogP contribution in [-0.4, -0.2) is 0 Å². The summed E-state index contributed by atoms with van der Waals surface area (Å²) in [6, 6.07) is 0. The zero-order valence-electron chi connectivity index (χ0n) is 6.23. The van der Waals surface area contributed by atoms with E-state index in [2.05, 4.69) is 0 Å². The molecule has 0 heterocycles. The van der Waals surface area contributed by atoms with Gasteiger partial charge in [-0.15, -0.1) is 0 Å². The third-order valence-electron chi connectivity index (χ3n) is 1.07. The van der Waals surface area contributed by atoms with Crippen LogP contribution in [0, 0.1) is 0 Å². The second kappa shape index (κ2) is 3.17. The van der Waals surface area contributed by atoms with Crippen LogP contribution in [0.5, 0.6) is 0 Å². The fraction of sp³-hybridized carbons (Fsp3) is 0.429. The van der Waals surface area contributed by atoms with Crippen LogP contribution in [0.2, 0.25) is 0 Å². The van der Waals surface area contributed by atoms with Crippen molar-refractivity contribution in [2.45, 2.75) is 20.8 Å². The van der Waals surface area contributed by atoms with Gasteiger partial charge in [-0.2, -0.15) is 0 Å². The van der Waals surface area contributed by atoms with Crippen LogP contribution in [0.15, 0.2) is 23.0 Å². The van der Waals surface area contributed by atoms with Crippen LogP contribution in [-0.2, 0) is 0 Å². The van der Waals surface area contributed by atoms with Crippen molar-refractivity contribution in [3.05, 3.63) is 23.0 Å². The van der Waals surface area contributed by atoms with Crippen LogP contribution in [0.25, 0.3) is 0 Å². The molecule has 0 unspecified atom stereocenters. The zero-order valence-corrected chi connectivity index (χ0v) is 6.23. The summed E-state index contributed by atoms with van der Waals surface area (Å²) in [6.45, 7) is 5.63. The minimum Gasteiger partial charge on any atom is -0.402 e. The van der Waals surface area contributed by atoms with E-state index in [9.17, 15) is 0 Å². The lowest BCUT2D eigenvalue weighted by Crippen LogP contribution is -1.96. The van der Waals surface area contributed by atoms with E-state index in [1.165, 1.54) is 0 Å². The number of hydrogen-bond acceptors (Lipinski definition) is 2. The first kappa shape index (κ1) is 8.08. The van der Waals surface area contributed by atoms with Crippen molar-refractivity contribution in [3.8, 4) is 0 Å². The molecule has 0 aromatic heterocycles. The number of nitrogens with two attached hydrogens (primary N) is 2. The maximum absolute atomic E-state index is 5.46. The normalized spacial score (nSPS) is 15.2. The molecule has 0 aliphatic carbocycles. The van der Waals surface area contributed by atoms with Gasteiger partial charge in [-0.25, -0.2) is 0 Å². The zero-order chi connectivity index (χ0) is 7.44. The predicted octanol–water partition coefficient (Wildman–Crippen LogP) is 1.10. The summed E-state index contributed by atoms with van der Waals surface area (Å²) >= 11 is 0. The molecule has 0 rings (SSSR count). The molecule has 0 aliphatic rings. The van der Waals surface area contributed by atoms with Gasteiger partial charge >= 0.3 is 0 Å². The molecular formula is C7H14N2. The van der Waals surface area contributed by atoms with E-state index in [4.69, 9.17) is 11.5 Å². The molecule has 0 fully saturated rings. The van der Waals surface area contributed by atoms with Crippen molar-refractivity contribution in [2.24, 2.45) is 11.5 Å². The lowest BCUT2D eigenvalue weighted by Gasteiger charge is -1.95. The first-order chi connectivity index (χ1) is 4.04.